The molecular formula is C12H11ClN4O3. The molecule has 104 valence electrons. The summed E-state index contributed by atoms with van der Waals surface area (Å²) in [6.07, 6.45) is 0.227. The monoisotopic (exact) mass is 294 g/mol. The number of benzene rings is 1. The topological polar surface area (TPSA) is 106 Å². The number of hydrogen-bond donors (Lipinski definition) is 1. The fraction of sp³-hybridized carbons (Fsp3) is 0.333. The number of carbonyl (C=O) groups excluding carboxylic acids is 1. The number of nitrogens with zero attached hydrogens (tertiary/aromatic N) is 4. The summed E-state index contributed by atoms with van der Waals surface area (Å²) < 4.78 is 0. The van der Waals surface area contributed by atoms with E-state index in [4.69, 9.17) is 17.1 Å². The third kappa shape index (κ3) is 2.68. The molecule has 1 atom stereocenters. The van der Waals surface area contributed by atoms with E-state index in [-0.39, 0.29) is 41.1 Å². The fourth-order valence-corrected chi connectivity index (χ4v) is 2.49. The van der Waals surface area contributed by atoms with E-state index in [1.54, 1.807) is 12.1 Å². The van der Waals surface area contributed by atoms with Crippen LogP contribution < -0.4 is 4.90 Å². The first-order chi connectivity index (χ1) is 9.54. The molecule has 0 radical (unpaired) electrons. The van der Waals surface area contributed by atoms with E-state index < -0.39 is 5.97 Å². The van der Waals surface area contributed by atoms with Crippen LogP contribution in [-0.4, -0.2) is 30.1 Å². The van der Waals surface area contributed by atoms with E-state index in [0.717, 1.165) is 0 Å². The first-order valence-electron chi connectivity index (χ1n) is 5.87. The van der Waals surface area contributed by atoms with E-state index >= 15 is 0 Å². The Morgan fingerprint density at radius 1 is 1.60 bits per heavy atom. The first-order valence-corrected chi connectivity index (χ1v) is 6.25. The Balaban J connectivity index is 2.33. The molecule has 1 aliphatic heterocycles. The van der Waals surface area contributed by atoms with Crippen LogP contribution in [0.5, 0.6) is 0 Å². The Morgan fingerprint density at radius 3 is 3.00 bits per heavy atom. The van der Waals surface area contributed by atoms with Gasteiger partial charge >= 0.3 is 5.97 Å². The minimum absolute atomic E-state index is 0.0845. The van der Waals surface area contributed by atoms with Crippen LogP contribution in [0.25, 0.3) is 10.4 Å². The molecular weight excluding hydrogens is 284 g/mol. The summed E-state index contributed by atoms with van der Waals surface area (Å²) >= 11 is 5.89. The number of azide groups is 1. The predicted molar refractivity (Wildman–Crippen MR) is 72.9 cm³/mol. The highest BCUT2D eigenvalue weighted by atomic mass is 35.5. The van der Waals surface area contributed by atoms with Crippen molar-refractivity contribution in [3.05, 3.63) is 39.2 Å². The van der Waals surface area contributed by atoms with Gasteiger partial charge in [0.25, 0.3) is 0 Å². The molecule has 1 N–H and O–H groups in total. The van der Waals surface area contributed by atoms with Crippen LogP contribution in [0.1, 0.15) is 16.8 Å². The number of carboxylic acid groups (broad SMARTS) is 1. The van der Waals surface area contributed by atoms with E-state index in [1.165, 1.54) is 11.0 Å². The highest BCUT2D eigenvalue weighted by molar-refractivity contribution is 6.34. The van der Waals surface area contributed by atoms with Crippen molar-refractivity contribution < 1.29 is 14.7 Å². The normalized spacial score (nSPS) is 17.9. The van der Waals surface area contributed by atoms with Gasteiger partial charge in [0.2, 0.25) is 5.91 Å². The number of halogens is 1. The lowest BCUT2D eigenvalue weighted by Gasteiger charge is -2.19. The lowest BCUT2D eigenvalue weighted by molar-refractivity contribution is -0.117. The lowest BCUT2D eigenvalue weighted by atomic mass is 10.1. The molecule has 1 fully saturated rings. The van der Waals surface area contributed by atoms with Crippen molar-refractivity contribution in [1.29, 1.82) is 0 Å². The van der Waals surface area contributed by atoms with Gasteiger partial charge in [-0.25, -0.2) is 4.79 Å². The molecule has 1 unspecified atom stereocenters. The molecule has 0 aliphatic carbocycles. The van der Waals surface area contributed by atoms with Gasteiger partial charge in [-0.3, -0.25) is 4.79 Å². The second-order valence-corrected chi connectivity index (χ2v) is 4.83. The second kappa shape index (κ2) is 5.81. The van der Waals surface area contributed by atoms with Crippen molar-refractivity contribution in [2.24, 2.45) is 11.0 Å². The predicted octanol–water partition coefficient (Wildman–Crippen LogP) is 2.70. The second-order valence-electron chi connectivity index (χ2n) is 4.43. The number of anilines is 1. The van der Waals surface area contributed by atoms with Crippen molar-refractivity contribution in [3.8, 4) is 0 Å². The molecule has 1 saturated heterocycles. The number of aromatic carboxylic acids is 1. The smallest absolute Gasteiger partial charge is 0.339 e. The van der Waals surface area contributed by atoms with Crippen LogP contribution in [0.15, 0.2) is 23.3 Å². The molecule has 1 aliphatic rings. The highest BCUT2D eigenvalue weighted by Gasteiger charge is 2.32. The number of amides is 1. The van der Waals surface area contributed by atoms with Gasteiger partial charge in [-0.05, 0) is 23.6 Å². The fourth-order valence-electron chi connectivity index (χ4n) is 2.24. The van der Waals surface area contributed by atoms with Gasteiger partial charge in [0.15, 0.2) is 0 Å². The zero-order chi connectivity index (χ0) is 14.7. The Labute approximate surface area is 119 Å². The Hall–Kier alpha value is -2.24. The van der Waals surface area contributed by atoms with Crippen LogP contribution in [-0.2, 0) is 4.79 Å². The van der Waals surface area contributed by atoms with Gasteiger partial charge in [0.05, 0.1) is 10.7 Å². The largest absolute Gasteiger partial charge is 0.478 e. The van der Waals surface area contributed by atoms with Crippen LogP contribution in [0.4, 0.5) is 5.69 Å². The molecule has 0 saturated carbocycles. The van der Waals surface area contributed by atoms with Crippen molar-refractivity contribution in [2.45, 2.75) is 6.42 Å². The van der Waals surface area contributed by atoms with Gasteiger partial charge in [-0.15, -0.1) is 0 Å². The third-order valence-corrected chi connectivity index (χ3v) is 3.42. The van der Waals surface area contributed by atoms with Crippen LogP contribution in [0.3, 0.4) is 0 Å². The molecule has 0 bridgehead atoms. The number of hydrogen-bond acceptors (Lipinski definition) is 3. The van der Waals surface area contributed by atoms with Crippen LogP contribution >= 0.6 is 11.6 Å². The van der Waals surface area contributed by atoms with Crippen molar-refractivity contribution in [3.63, 3.8) is 0 Å². The SMILES string of the molecule is [N-]=[N+]=NCC1CC(=O)N(c2cccc(Cl)c2C(=O)O)C1. The third-order valence-electron chi connectivity index (χ3n) is 3.10. The Bertz CT molecular complexity index is 613. The van der Waals surface area contributed by atoms with Gasteiger partial charge in [-0.2, -0.15) is 0 Å². The quantitative estimate of drug-likeness (QED) is 0.524. The maximum absolute atomic E-state index is 12.0. The summed E-state index contributed by atoms with van der Waals surface area (Å²) in [5.41, 5.74) is 8.48. The van der Waals surface area contributed by atoms with Gasteiger partial charge < -0.3 is 10.0 Å². The lowest BCUT2D eigenvalue weighted by Crippen LogP contribution is -2.26. The summed E-state index contributed by atoms with van der Waals surface area (Å²) in [7, 11) is 0. The van der Waals surface area contributed by atoms with E-state index in [1.807, 2.05) is 0 Å². The maximum atomic E-state index is 12.0. The molecule has 0 spiro atoms. The molecule has 7 nitrogen and oxygen atoms in total. The average Bonchev–Trinajstić information content (AvgIpc) is 2.76. The molecule has 2 rings (SSSR count). The Kier molecular flexibility index (Phi) is 4.12. The summed E-state index contributed by atoms with van der Waals surface area (Å²) in [5.74, 6) is -1.50. The standard InChI is InChI=1S/C12H11ClN4O3/c13-8-2-1-3-9(11(8)12(19)20)17-6-7(4-10(17)18)5-15-16-14/h1-3,7H,4-6H2,(H,19,20). The van der Waals surface area contributed by atoms with E-state index in [2.05, 4.69) is 10.0 Å². The molecule has 1 aromatic carbocycles. The van der Waals surface area contributed by atoms with E-state index in [0.29, 0.717) is 6.54 Å². The van der Waals surface area contributed by atoms with Crippen LogP contribution in [0, 0.1) is 5.92 Å². The minimum Gasteiger partial charge on any atom is -0.478 e. The number of rotatable bonds is 4. The molecule has 1 aromatic rings. The zero-order valence-corrected chi connectivity index (χ0v) is 11.1. The average molecular weight is 295 g/mol. The van der Waals surface area contributed by atoms with Crippen molar-refractivity contribution >= 4 is 29.2 Å². The summed E-state index contributed by atoms with van der Waals surface area (Å²) in [6.45, 7) is 0.528. The maximum Gasteiger partial charge on any atom is 0.339 e. The highest BCUT2D eigenvalue weighted by Crippen LogP contribution is 2.32. The molecule has 8 heteroatoms. The van der Waals surface area contributed by atoms with E-state index in [9.17, 15) is 14.7 Å². The minimum atomic E-state index is -1.18. The number of carbonyl (C=O) groups is 2. The van der Waals surface area contributed by atoms with Crippen LogP contribution in [0.2, 0.25) is 5.02 Å². The zero-order valence-electron chi connectivity index (χ0n) is 10.4. The molecule has 20 heavy (non-hydrogen) atoms. The summed E-state index contributed by atoms with van der Waals surface area (Å²) in [6, 6.07) is 4.60. The Morgan fingerprint density at radius 2 is 2.35 bits per heavy atom. The molecule has 1 heterocycles. The molecule has 1 amide bonds. The van der Waals surface area contributed by atoms with Gasteiger partial charge in [-0.1, -0.05) is 22.8 Å². The van der Waals surface area contributed by atoms with Crippen molar-refractivity contribution in [2.75, 3.05) is 18.0 Å². The van der Waals surface area contributed by atoms with Crippen molar-refractivity contribution in [1.82, 2.24) is 0 Å². The van der Waals surface area contributed by atoms with Gasteiger partial charge in [0, 0.05) is 24.4 Å². The number of carboxylic acids is 1. The van der Waals surface area contributed by atoms with Gasteiger partial charge in [0.1, 0.15) is 5.56 Å². The summed E-state index contributed by atoms with van der Waals surface area (Å²) in [4.78, 5) is 27.3. The molecule has 0 aromatic heterocycles. The first kappa shape index (κ1) is 14.2. The summed E-state index contributed by atoms with van der Waals surface area (Å²) in [5, 5.41) is 12.7.